The number of sulfonamides is 1. The van der Waals surface area contributed by atoms with Crippen LogP contribution in [-0.4, -0.2) is 33.2 Å². The van der Waals surface area contributed by atoms with Gasteiger partial charge in [-0.05, 0) is 49.7 Å². The number of ketones is 1. The molecule has 0 saturated heterocycles. The first-order chi connectivity index (χ1) is 12.8. The summed E-state index contributed by atoms with van der Waals surface area (Å²) in [5.41, 5.74) is 2.13. The molecule has 2 rings (SSSR count). The van der Waals surface area contributed by atoms with Crippen molar-refractivity contribution < 1.29 is 18.0 Å². The van der Waals surface area contributed by atoms with Crippen LogP contribution in [0.1, 0.15) is 29.3 Å². The Hall–Kier alpha value is -2.55. The average Bonchev–Trinajstić information content (AvgIpc) is 2.61. The van der Waals surface area contributed by atoms with Crippen LogP contribution in [0.3, 0.4) is 0 Å². The molecule has 0 saturated carbocycles. The van der Waals surface area contributed by atoms with E-state index in [4.69, 9.17) is 5.14 Å². The van der Waals surface area contributed by atoms with E-state index in [0.717, 1.165) is 5.56 Å². The normalized spacial score (nSPS) is 11.2. The standard InChI is InChI=1S/C19H23N3O4S/c1-14(23)16-3-2-4-17(13-16)22-19(24)10-12-21-11-9-15-5-7-18(8-6-15)27(20,25)26/h2-8,13,21H,9-12H2,1H3,(H,22,24)(H2,20,25,26). The molecule has 0 aliphatic carbocycles. The second-order valence-electron chi connectivity index (χ2n) is 6.12. The van der Waals surface area contributed by atoms with Crippen LogP contribution in [0.4, 0.5) is 5.69 Å². The molecular formula is C19H23N3O4S. The van der Waals surface area contributed by atoms with Crippen molar-refractivity contribution in [1.29, 1.82) is 0 Å². The van der Waals surface area contributed by atoms with Crippen molar-refractivity contribution in [2.24, 2.45) is 5.14 Å². The molecule has 8 heteroatoms. The summed E-state index contributed by atoms with van der Waals surface area (Å²) in [6, 6.07) is 13.2. The Morgan fingerprint density at radius 1 is 1.04 bits per heavy atom. The van der Waals surface area contributed by atoms with E-state index < -0.39 is 10.0 Å². The zero-order chi connectivity index (χ0) is 19.9. The van der Waals surface area contributed by atoms with Crippen LogP contribution in [-0.2, 0) is 21.2 Å². The molecule has 1 amide bonds. The quantitative estimate of drug-likeness (QED) is 0.446. The maximum Gasteiger partial charge on any atom is 0.238 e. The number of benzene rings is 2. The van der Waals surface area contributed by atoms with Crippen molar-refractivity contribution in [3.63, 3.8) is 0 Å². The van der Waals surface area contributed by atoms with Crippen LogP contribution in [0.5, 0.6) is 0 Å². The lowest BCUT2D eigenvalue weighted by Crippen LogP contribution is -2.23. The first-order valence-electron chi connectivity index (χ1n) is 8.49. The van der Waals surface area contributed by atoms with Crippen molar-refractivity contribution >= 4 is 27.4 Å². The Bertz CT molecular complexity index is 909. The van der Waals surface area contributed by atoms with Crippen molar-refractivity contribution in [3.05, 3.63) is 59.7 Å². The number of anilines is 1. The van der Waals surface area contributed by atoms with Gasteiger partial charge in [-0.15, -0.1) is 0 Å². The molecule has 7 nitrogen and oxygen atoms in total. The smallest absolute Gasteiger partial charge is 0.238 e. The highest BCUT2D eigenvalue weighted by atomic mass is 32.2. The summed E-state index contributed by atoms with van der Waals surface area (Å²) < 4.78 is 22.4. The minimum atomic E-state index is -3.67. The predicted molar refractivity (Wildman–Crippen MR) is 104 cm³/mol. The number of rotatable bonds is 9. The van der Waals surface area contributed by atoms with Gasteiger partial charge in [0.05, 0.1) is 4.90 Å². The summed E-state index contributed by atoms with van der Waals surface area (Å²) in [4.78, 5) is 23.4. The third-order valence-corrected chi connectivity index (χ3v) is 4.85. The summed E-state index contributed by atoms with van der Waals surface area (Å²) in [5.74, 6) is -0.189. The van der Waals surface area contributed by atoms with Crippen LogP contribution in [0.25, 0.3) is 0 Å². The van der Waals surface area contributed by atoms with E-state index in [1.165, 1.54) is 19.1 Å². The van der Waals surface area contributed by atoms with Crippen molar-refractivity contribution in [1.82, 2.24) is 5.32 Å². The van der Waals surface area contributed by atoms with Crippen molar-refractivity contribution in [2.45, 2.75) is 24.7 Å². The molecule has 0 radical (unpaired) electrons. The number of amides is 1. The molecule has 4 N–H and O–H groups in total. The van der Waals surface area contributed by atoms with Gasteiger partial charge in [-0.1, -0.05) is 24.3 Å². The van der Waals surface area contributed by atoms with Gasteiger partial charge in [0.2, 0.25) is 15.9 Å². The molecule has 0 bridgehead atoms. The summed E-state index contributed by atoms with van der Waals surface area (Å²) in [7, 11) is -3.67. The van der Waals surface area contributed by atoms with E-state index in [-0.39, 0.29) is 16.6 Å². The lowest BCUT2D eigenvalue weighted by molar-refractivity contribution is -0.116. The van der Waals surface area contributed by atoms with E-state index >= 15 is 0 Å². The second kappa shape index (κ2) is 9.40. The average molecular weight is 389 g/mol. The Morgan fingerprint density at radius 2 is 1.74 bits per heavy atom. The number of Topliss-reactive ketones (excluding diaryl/α,β-unsaturated/α-hetero) is 1. The zero-order valence-electron chi connectivity index (χ0n) is 15.1. The van der Waals surface area contributed by atoms with E-state index in [0.29, 0.717) is 37.2 Å². The fraction of sp³-hybridized carbons (Fsp3) is 0.263. The lowest BCUT2D eigenvalue weighted by atomic mass is 10.1. The SMILES string of the molecule is CC(=O)c1cccc(NC(=O)CCNCCc2ccc(S(N)(=O)=O)cc2)c1. The maximum absolute atomic E-state index is 12.0. The van der Waals surface area contributed by atoms with Gasteiger partial charge in [-0.25, -0.2) is 13.6 Å². The summed E-state index contributed by atoms with van der Waals surface area (Å²) in [6.07, 6.45) is 1.00. The maximum atomic E-state index is 12.0. The van der Waals surface area contributed by atoms with E-state index in [1.807, 2.05) is 0 Å². The first-order valence-corrected chi connectivity index (χ1v) is 10.0. The third-order valence-electron chi connectivity index (χ3n) is 3.92. The van der Waals surface area contributed by atoms with E-state index in [1.54, 1.807) is 36.4 Å². The fourth-order valence-electron chi connectivity index (χ4n) is 2.44. The highest BCUT2D eigenvalue weighted by molar-refractivity contribution is 7.89. The highest BCUT2D eigenvalue weighted by Crippen LogP contribution is 2.11. The molecule has 0 aliphatic rings. The summed E-state index contributed by atoms with van der Waals surface area (Å²) >= 11 is 0. The molecule has 144 valence electrons. The minimum Gasteiger partial charge on any atom is -0.326 e. The molecule has 0 aromatic heterocycles. The Kier molecular flexibility index (Phi) is 7.23. The number of carbonyl (C=O) groups excluding carboxylic acids is 2. The summed E-state index contributed by atoms with van der Waals surface area (Å²) in [5, 5.41) is 11.0. The van der Waals surface area contributed by atoms with Crippen molar-refractivity contribution in [3.8, 4) is 0 Å². The number of hydrogen-bond donors (Lipinski definition) is 3. The van der Waals surface area contributed by atoms with Crippen LogP contribution >= 0.6 is 0 Å². The molecule has 0 unspecified atom stereocenters. The highest BCUT2D eigenvalue weighted by Gasteiger charge is 2.07. The largest absolute Gasteiger partial charge is 0.326 e. The van der Waals surface area contributed by atoms with Gasteiger partial charge in [0.1, 0.15) is 0 Å². The van der Waals surface area contributed by atoms with Crippen LogP contribution in [0.15, 0.2) is 53.4 Å². The number of carbonyl (C=O) groups is 2. The molecule has 0 heterocycles. The Balaban J connectivity index is 1.70. The molecule has 2 aromatic rings. The Morgan fingerprint density at radius 3 is 2.37 bits per heavy atom. The van der Waals surface area contributed by atoms with Gasteiger partial charge < -0.3 is 10.6 Å². The van der Waals surface area contributed by atoms with Crippen molar-refractivity contribution in [2.75, 3.05) is 18.4 Å². The predicted octanol–water partition coefficient (Wildman–Crippen LogP) is 1.70. The molecule has 0 aliphatic heterocycles. The van der Waals surface area contributed by atoms with Crippen LogP contribution in [0, 0.1) is 0 Å². The molecular weight excluding hydrogens is 366 g/mol. The lowest BCUT2D eigenvalue weighted by Gasteiger charge is -2.08. The van der Waals surface area contributed by atoms with E-state index in [2.05, 4.69) is 10.6 Å². The van der Waals surface area contributed by atoms with Crippen LogP contribution in [0.2, 0.25) is 0 Å². The molecule has 2 aromatic carbocycles. The van der Waals surface area contributed by atoms with E-state index in [9.17, 15) is 18.0 Å². The van der Waals surface area contributed by atoms with Gasteiger partial charge >= 0.3 is 0 Å². The second-order valence-corrected chi connectivity index (χ2v) is 7.69. The number of hydrogen-bond acceptors (Lipinski definition) is 5. The third kappa shape index (κ3) is 6.93. The zero-order valence-corrected chi connectivity index (χ0v) is 15.9. The van der Waals surface area contributed by atoms with Gasteiger partial charge in [-0.2, -0.15) is 0 Å². The molecule has 0 atom stereocenters. The molecule has 27 heavy (non-hydrogen) atoms. The molecule has 0 fully saturated rings. The van der Waals surface area contributed by atoms with Gasteiger partial charge in [0.15, 0.2) is 5.78 Å². The van der Waals surface area contributed by atoms with Crippen LogP contribution < -0.4 is 15.8 Å². The Labute approximate surface area is 159 Å². The minimum absolute atomic E-state index is 0.0511. The monoisotopic (exact) mass is 389 g/mol. The fourth-order valence-corrected chi connectivity index (χ4v) is 2.96. The first kappa shape index (κ1) is 20.8. The number of nitrogens with one attached hydrogen (secondary N) is 2. The summed E-state index contributed by atoms with van der Waals surface area (Å²) in [6.45, 7) is 2.64. The number of primary sulfonamides is 1. The van der Waals surface area contributed by atoms with Gasteiger partial charge in [0.25, 0.3) is 0 Å². The topological polar surface area (TPSA) is 118 Å². The number of nitrogens with two attached hydrogens (primary N) is 1. The molecule has 0 spiro atoms. The van der Waals surface area contributed by atoms with Gasteiger partial charge in [-0.3, -0.25) is 9.59 Å². The van der Waals surface area contributed by atoms with Gasteiger partial charge in [0, 0.05) is 24.2 Å².